The van der Waals surface area contributed by atoms with E-state index in [0.717, 1.165) is 18.2 Å². The molecule has 2 rings (SSSR count). The zero-order chi connectivity index (χ0) is 22.3. The van der Waals surface area contributed by atoms with Gasteiger partial charge in [0.1, 0.15) is 18.4 Å². The van der Waals surface area contributed by atoms with E-state index in [2.05, 4.69) is 0 Å². The molecule has 0 saturated heterocycles. The van der Waals surface area contributed by atoms with Crippen LogP contribution >= 0.6 is 11.6 Å². The second kappa shape index (κ2) is 10.3. The first-order valence-electron chi connectivity index (χ1n) is 8.80. The summed E-state index contributed by atoms with van der Waals surface area (Å²) in [5.74, 6) is -1.90. The lowest BCUT2D eigenvalue weighted by atomic mass is 10.1. The Hall–Kier alpha value is -2.78. The fourth-order valence-electron chi connectivity index (χ4n) is 2.34. The molecule has 0 aromatic heterocycles. The van der Waals surface area contributed by atoms with E-state index < -0.39 is 42.4 Å². The van der Waals surface area contributed by atoms with Crippen molar-refractivity contribution < 1.29 is 37.0 Å². The third-order valence-corrected chi connectivity index (χ3v) is 4.05. The fourth-order valence-corrected chi connectivity index (χ4v) is 2.46. The molecule has 2 N–H and O–H groups in total. The summed E-state index contributed by atoms with van der Waals surface area (Å²) in [4.78, 5) is 24.2. The van der Waals surface area contributed by atoms with E-state index >= 15 is 0 Å². The molecule has 10 heteroatoms. The first kappa shape index (κ1) is 23.5. The molecule has 2 aromatic carbocycles. The Bertz CT molecular complexity index is 873. The van der Waals surface area contributed by atoms with Crippen molar-refractivity contribution in [1.29, 1.82) is 0 Å². The van der Waals surface area contributed by atoms with E-state index in [1.54, 1.807) is 6.92 Å². The Labute approximate surface area is 175 Å². The zero-order valence-electron chi connectivity index (χ0n) is 15.8. The predicted octanol–water partition coefficient (Wildman–Crippen LogP) is 3.91. The van der Waals surface area contributed by atoms with Crippen LogP contribution in [0, 0.1) is 0 Å². The molecule has 0 aliphatic carbocycles. The molecule has 2 aromatic rings. The average molecular weight is 446 g/mol. The standard InChI is InChI=1S/C20H19ClF3NO5/c1-2-28-18(26)16(25)11-29-19(27)17(12-6-8-14(21)9-7-12)30-15-5-3-4-13(10-15)20(22,23)24/h3-10,16-17H,2,11,25H2,1H3. The van der Waals surface area contributed by atoms with Crippen molar-refractivity contribution >= 4 is 23.5 Å². The molecular weight excluding hydrogens is 427 g/mol. The number of hydrogen-bond acceptors (Lipinski definition) is 6. The quantitative estimate of drug-likeness (QED) is 0.620. The van der Waals surface area contributed by atoms with Gasteiger partial charge in [-0.2, -0.15) is 13.2 Å². The monoisotopic (exact) mass is 445 g/mol. The van der Waals surface area contributed by atoms with E-state index in [1.807, 2.05) is 0 Å². The average Bonchev–Trinajstić information content (AvgIpc) is 2.70. The Morgan fingerprint density at radius 1 is 1.07 bits per heavy atom. The molecule has 0 amide bonds. The van der Waals surface area contributed by atoms with Gasteiger partial charge in [-0.1, -0.05) is 29.8 Å². The van der Waals surface area contributed by atoms with E-state index in [9.17, 15) is 22.8 Å². The highest BCUT2D eigenvalue weighted by Gasteiger charge is 2.32. The lowest BCUT2D eigenvalue weighted by molar-refractivity contribution is -0.156. The van der Waals surface area contributed by atoms with Crippen molar-refractivity contribution in [2.24, 2.45) is 5.73 Å². The summed E-state index contributed by atoms with van der Waals surface area (Å²) in [6, 6.07) is 8.75. The zero-order valence-corrected chi connectivity index (χ0v) is 16.6. The van der Waals surface area contributed by atoms with Crippen molar-refractivity contribution in [2.75, 3.05) is 13.2 Å². The molecule has 0 spiro atoms. The molecule has 2 atom stereocenters. The Morgan fingerprint density at radius 3 is 2.33 bits per heavy atom. The van der Waals surface area contributed by atoms with Gasteiger partial charge >= 0.3 is 18.1 Å². The minimum Gasteiger partial charge on any atom is -0.474 e. The normalized spacial score (nSPS) is 13.3. The third-order valence-electron chi connectivity index (χ3n) is 3.80. The van der Waals surface area contributed by atoms with Gasteiger partial charge in [-0.25, -0.2) is 4.79 Å². The van der Waals surface area contributed by atoms with Crippen molar-refractivity contribution in [3.8, 4) is 5.75 Å². The van der Waals surface area contributed by atoms with Crippen LogP contribution in [0.25, 0.3) is 0 Å². The minimum absolute atomic E-state index is 0.104. The highest BCUT2D eigenvalue weighted by Crippen LogP contribution is 2.33. The van der Waals surface area contributed by atoms with Crippen molar-refractivity contribution in [1.82, 2.24) is 0 Å². The van der Waals surface area contributed by atoms with Gasteiger partial charge in [-0.05, 0) is 37.3 Å². The molecule has 0 radical (unpaired) electrons. The van der Waals surface area contributed by atoms with Crippen LogP contribution < -0.4 is 10.5 Å². The smallest absolute Gasteiger partial charge is 0.416 e. The number of benzene rings is 2. The molecule has 0 bridgehead atoms. The van der Waals surface area contributed by atoms with Crippen LogP contribution in [0.2, 0.25) is 5.02 Å². The number of nitrogens with two attached hydrogens (primary N) is 1. The molecule has 0 saturated carbocycles. The molecule has 2 unspecified atom stereocenters. The molecule has 162 valence electrons. The Kier molecular flexibility index (Phi) is 8.08. The molecular formula is C20H19ClF3NO5. The minimum atomic E-state index is -4.58. The van der Waals surface area contributed by atoms with Gasteiger partial charge < -0.3 is 19.9 Å². The van der Waals surface area contributed by atoms with E-state index in [0.29, 0.717) is 5.02 Å². The highest BCUT2D eigenvalue weighted by atomic mass is 35.5. The maximum absolute atomic E-state index is 13.0. The number of hydrogen-bond donors (Lipinski definition) is 1. The first-order valence-corrected chi connectivity index (χ1v) is 9.18. The van der Waals surface area contributed by atoms with Gasteiger partial charge in [0, 0.05) is 10.6 Å². The lowest BCUT2D eigenvalue weighted by Crippen LogP contribution is -2.38. The predicted molar refractivity (Wildman–Crippen MR) is 102 cm³/mol. The largest absolute Gasteiger partial charge is 0.474 e. The molecule has 0 heterocycles. The second-order valence-corrected chi connectivity index (χ2v) is 6.50. The number of carbonyl (C=O) groups is 2. The van der Waals surface area contributed by atoms with Crippen LogP contribution in [-0.2, 0) is 25.2 Å². The van der Waals surface area contributed by atoms with Crippen LogP contribution in [0.5, 0.6) is 5.75 Å². The summed E-state index contributed by atoms with van der Waals surface area (Å²) in [6.45, 7) is 1.20. The van der Waals surface area contributed by atoms with Gasteiger partial charge in [-0.3, -0.25) is 4.79 Å². The van der Waals surface area contributed by atoms with Crippen LogP contribution in [0.3, 0.4) is 0 Å². The maximum Gasteiger partial charge on any atom is 0.416 e. The number of alkyl halides is 3. The number of ether oxygens (including phenoxy) is 3. The van der Waals surface area contributed by atoms with Crippen LogP contribution in [0.4, 0.5) is 13.2 Å². The summed E-state index contributed by atoms with van der Waals surface area (Å²) in [5.41, 5.74) is 4.94. The second-order valence-electron chi connectivity index (χ2n) is 6.06. The number of carbonyl (C=O) groups excluding carboxylic acids is 2. The first-order chi connectivity index (χ1) is 14.1. The number of esters is 2. The van der Waals surface area contributed by atoms with E-state index in [4.69, 9.17) is 31.5 Å². The summed E-state index contributed by atoms with van der Waals surface area (Å²) in [6.07, 6.45) is -6.00. The fraction of sp³-hybridized carbons (Fsp3) is 0.300. The summed E-state index contributed by atoms with van der Waals surface area (Å²) >= 11 is 5.84. The molecule has 6 nitrogen and oxygen atoms in total. The van der Waals surface area contributed by atoms with Crippen LogP contribution in [-0.4, -0.2) is 31.2 Å². The van der Waals surface area contributed by atoms with Crippen LogP contribution in [0.15, 0.2) is 48.5 Å². The summed E-state index contributed by atoms with van der Waals surface area (Å²) < 4.78 is 54.2. The number of rotatable bonds is 8. The Morgan fingerprint density at radius 2 is 1.73 bits per heavy atom. The molecule has 0 aliphatic rings. The SMILES string of the molecule is CCOC(=O)C(N)COC(=O)C(Oc1cccc(C(F)(F)F)c1)c1ccc(Cl)cc1. The van der Waals surface area contributed by atoms with Gasteiger partial charge in [0.15, 0.2) is 0 Å². The summed E-state index contributed by atoms with van der Waals surface area (Å²) in [5, 5.41) is 0.384. The van der Waals surface area contributed by atoms with E-state index in [1.165, 1.54) is 30.3 Å². The van der Waals surface area contributed by atoms with E-state index in [-0.39, 0.29) is 17.9 Å². The van der Waals surface area contributed by atoms with Gasteiger partial charge in [-0.15, -0.1) is 0 Å². The Balaban J connectivity index is 2.22. The van der Waals surface area contributed by atoms with Crippen molar-refractivity contribution in [2.45, 2.75) is 25.2 Å². The third kappa shape index (κ3) is 6.64. The molecule has 30 heavy (non-hydrogen) atoms. The van der Waals surface area contributed by atoms with Crippen molar-refractivity contribution in [3.63, 3.8) is 0 Å². The lowest BCUT2D eigenvalue weighted by Gasteiger charge is -2.20. The van der Waals surface area contributed by atoms with Crippen molar-refractivity contribution in [3.05, 3.63) is 64.7 Å². The van der Waals surface area contributed by atoms with Gasteiger partial charge in [0.05, 0.1) is 12.2 Å². The molecule has 0 aliphatic heterocycles. The van der Waals surface area contributed by atoms with Gasteiger partial charge in [0.25, 0.3) is 0 Å². The maximum atomic E-state index is 13.0. The topological polar surface area (TPSA) is 87.9 Å². The molecule has 0 fully saturated rings. The summed E-state index contributed by atoms with van der Waals surface area (Å²) in [7, 11) is 0. The highest BCUT2D eigenvalue weighted by molar-refractivity contribution is 6.30. The number of halogens is 4. The van der Waals surface area contributed by atoms with Gasteiger partial charge in [0.2, 0.25) is 6.10 Å². The van der Waals surface area contributed by atoms with Crippen LogP contribution in [0.1, 0.15) is 24.2 Å².